The van der Waals surface area contributed by atoms with Gasteiger partial charge in [0.1, 0.15) is 0 Å². The van der Waals surface area contributed by atoms with Crippen LogP contribution < -0.4 is 11.5 Å². The van der Waals surface area contributed by atoms with Gasteiger partial charge < -0.3 is 11.5 Å². The van der Waals surface area contributed by atoms with Crippen LogP contribution in [0.15, 0.2) is 24.3 Å². The molecule has 1 aromatic carbocycles. The van der Waals surface area contributed by atoms with Crippen molar-refractivity contribution in [2.45, 2.75) is 33.2 Å². The quantitative estimate of drug-likeness (QED) is 0.794. The summed E-state index contributed by atoms with van der Waals surface area (Å²) in [5.74, 6) is 0. The standard InChI is InChI=1S/C13H22N2/c1-10-6-4-5-7-11(10)12(15)8-13(2,3)9-14/h4-7,12H,8-9,14-15H2,1-3H3. The first-order chi connectivity index (χ1) is 6.96. The SMILES string of the molecule is Cc1ccccc1C(N)CC(C)(C)CN. The van der Waals surface area contributed by atoms with Gasteiger partial charge in [-0.3, -0.25) is 0 Å². The largest absolute Gasteiger partial charge is 0.330 e. The second-order valence-corrected chi connectivity index (χ2v) is 5.04. The molecule has 84 valence electrons. The predicted molar refractivity (Wildman–Crippen MR) is 65.6 cm³/mol. The van der Waals surface area contributed by atoms with Gasteiger partial charge in [0.25, 0.3) is 0 Å². The van der Waals surface area contributed by atoms with Crippen molar-refractivity contribution in [3.05, 3.63) is 35.4 Å². The van der Waals surface area contributed by atoms with E-state index in [-0.39, 0.29) is 11.5 Å². The first-order valence-electron chi connectivity index (χ1n) is 5.47. The van der Waals surface area contributed by atoms with Crippen LogP contribution in [-0.2, 0) is 0 Å². The maximum atomic E-state index is 6.20. The van der Waals surface area contributed by atoms with E-state index < -0.39 is 0 Å². The average Bonchev–Trinajstić information content (AvgIpc) is 2.17. The summed E-state index contributed by atoms with van der Waals surface area (Å²) < 4.78 is 0. The molecule has 0 aliphatic rings. The fraction of sp³-hybridized carbons (Fsp3) is 0.538. The summed E-state index contributed by atoms with van der Waals surface area (Å²) in [5.41, 5.74) is 14.5. The zero-order valence-corrected chi connectivity index (χ0v) is 9.96. The molecule has 1 aromatic rings. The number of hydrogen-bond acceptors (Lipinski definition) is 2. The van der Waals surface area contributed by atoms with Crippen molar-refractivity contribution in [1.29, 1.82) is 0 Å². The molecule has 0 radical (unpaired) electrons. The van der Waals surface area contributed by atoms with E-state index in [1.807, 2.05) is 12.1 Å². The lowest BCUT2D eigenvalue weighted by atomic mass is 9.83. The van der Waals surface area contributed by atoms with Gasteiger partial charge in [0, 0.05) is 6.04 Å². The van der Waals surface area contributed by atoms with E-state index in [1.165, 1.54) is 11.1 Å². The number of rotatable bonds is 4. The summed E-state index contributed by atoms with van der Waals surface area (Å²) in [6.07, 6.45) is 0.925. The van der Waals surface area contributed by atoms with Gasteiger partial charge in [-0.25, -0.2) is 0 Å². The molecule has 0 heterocycles. The van der Waals surface area contributed by atoms with Crippen LogP contribution in [0.5, 0.6) is 0 Å². The maximum Gasteiger partial charge on any atom is 0.0303 e. The van der Waals surface area contributed by atoms with Crippen LogP contribution in [0.4, 0.5) is 0 Å². The molecule has 0 aliphatic carbocycles. The van der Waals surface area contributed by atoms with E-state index in [9.17, 15) is 0 Å². The Morgan fingerprint density at radius 2 is 1.87 bits per heavy atom. The number of aryl methyl sites for hydroxylation is 1. The van der Waals surface area contributed by atoms with Crippen molar-refractivity contribution in [1.82, 2.24) is 0 Å². The van der Waals surface area contributed by atoms with E-state index in [0.717, 1.165) is 6.42 Å². The summed E-state index contributed by atoms with van der Waals surface area (Å²) in [6, 6.07) is 8.37. The minimum Gasteiger partial charge on any atom is -0.330 e. The van der Waals surface area contributed by atoms with Gasteiger partial charge in [-0.15, -0.1) is 0 Å². The summed E-state index contributed by atoms with van der Waals surface area (Å²) in [6.45, 7) is 7.09. The van der Waals surface area contributed by atoms with Crippen LogP contribution in [0, 0.1) is 12.3 Å². The van der Waals surface area contributed by atoms with Crippen molar-refractivity contribution >= 4 is 0 Å². The second-order valence-electron chi connectivity index (χ2n) is 5.04. The minimum atomic E-state index is 0.0877. The van der Waals surface area contributed by atoms with Gasteiger partial charge in [0.15, 0.2) is 0 Å². The smallest absolute Gasteiger partial charge is 0.0303 e. The Morgan fingerprint density at radius 3 is 2.40 bits per heavy atom. The molecule has 0 bridgehead atoms. The minimum absolute atomic E-state index is 0.0877. The molecule has 0 amide bonds. The van der Waals surface area contributed by atoms with Gasteiger partial charge in [-0.1, -0.05) is 38.1 Å². The first-order valence-corrected chi connectivity index (χ1v) is 5.47. The number of nitrogens with two attached hydrogens (primary N) is 2. The summed E-state index contributed by atoms with van der Waals surface area (Å²) in [5, 5.41) is 0. The van der Waals surface area contributed by atoms with Gasteiger partial charge in [-0.05, 0) is 36.4 Å². The molecule has 2 heteroatoms. The monoisotopic (exact) mass is 206 g/mol. The number of benzene rings is 1. The number of hydrogen-bond donors (Lipinski definition) is 2. The van der Waals surface area contributed by atoms with Crippen LogP contribution in [0.2, 0.25) is 0 Å². The lowest BCUT2D eigenvalue weighted by Gasteiger charge is -2.27. The molecule has 4 N–H and O–H groups in total. The highest BCUT2D eigenvalue weighted by Crippen LogP contribution is 2.28. The van der Waals surface area contributed by atoms with Crippen LogP contribution >= 0.6 is 0 Å². The predicted octanol–water partition coefficient (Wildman–Crippen LogP) is 2.37. The van der Waals surface area contributed by atoms with Crippen LogP contribution in [0.3, 0.4) is 0 Å². The Hall–Kier alpha value is -0.860. The van der Waals surface area contributed by atoms with Crippen molar-refractivity contribution < 1.29 is 0 Å². The van der Waals surface area contributed by atoms with E-state index in [0.29, 0.717) is 6.54 Å². The average molecular weight is 206 g/mol. The third-order valence-corrected chi connectivity index (χ3v) is 2.91. The third kappa shape index (κ3) is 3.33. The molecule has 15 heavy (non-hydrogen) atoms. The summed E-state index contributed by atoms with van der Waals surface area (Å²) in [4.78, 5) is 0. The summed E-state index contributed by atoms with van der Waals surface area (Å²) >= 11 is 0. The molecule has 2 nitrogen and oxygen atoms in total. The Kier molecular flexibility index (Phi) is 3.89. The normalized spacial score (nSPS) is 13.9. The lowest BCUT2D eigenvalue weighted by Crippen LogP contribution is -2.28. The molecule has 1 rings (SSSR count). The van der Waals surface area contributed by atoms with E-state index in [2.05, 4.69) is 32.9 Å². The molecule has 0 saturated carbocycles. The second kappa shape index (κ2) is 4.77. The first kappa shape index (κ1) is 12.2. The Morgan fingerprint density at radius 1 is 1.27 bits per heavy atom. The fourth-order valence-corrected chi connectivity index (χ4v) is 1.79. The van der Waals surface area contributed by atoms with Gasteiger partial charge in [-0.2, -0.15) is 0 Å². The lowest BCUT2D eigenvalue weighted by molar-refractivity contribution is 0.317. The Labute approximate surface area is 92.7 Å². The topological polar surface area (TPSA) is 52.0 Å². The van der Waals surface area contributed by atoms with Crippen LogP contribution in [0.1, 0.15) is 37.4 Å². The highest BCUT2D eigenvalue weighted by atomic mass is 14.7. The highest BCUT2D eigenvalue weighted by molar-refractivity contribution is 5.28. The van der Waals surface area contributed by atoms with E-state index >= 15 is 0 Å². The zero-order chi connectivity index (χ0) is 11.5. The summed E-state index contributed by atoms with van der Waals surface area (Å²) in [7, 11) is 0. The molecule has 1 unspecified atom stereocenters. The molecule has 0 saturated heterocycles. The van der Waals surface area contributed by atoms with E-state index in [1.54, 1.807) is 0 Å². The zero-order valence-electron chi connectivity index (χ0n) is 9.96. The van der Waals surface area contributed by atoms with Crippen LogP contribution in [-0.4, -0.2) is 6.54 Å². The molecular formula is C13H22N2. The molecule has 1 atom stereocenters. The fourth-order valence-electron chi connectivity index (χ4n) is 1.79. The highest BCUT2D eigenvalue weighted by Gasteiger charge is 2.21. The molecule has 0 aromatic heterocycles. The molecular weight excluding hydrogens is 184 g/mol. The Bertz CT molecular complexity index is 318. The van der Waals surface area contributed by atoms with Gasteiger partial charge >= 0.3 is 0 Å². The van der Waals surface area contributed by atoms with Crippen molar-refractivity contribution in [3.8, 4) is 0 Å². The Balaban J connectivity index is 2.78. The molecule has 0 fully saturated rings. The molecule has 0 aliphatic heterocycles. The maximum absolute atomic E-state index is 6.20. The molecule has 0 spiro atoms. The van der Waals surface area contributed by atoms with Gasteiger partial charge in [0.05, 0.1) is 0 Å². The van der Waals surface area contributed by atoms with Gasteiger partial charge in [0.2, 0.25) is 0 Å². The van der Waals surface area contributed by atoms with Crippen LogP contribution in [0.25, 0.3) is 0 Å². The van der Waals surface area contributed by atoms with E-state index in [4.69, 9.17) is 11.5 Å². The van der Waals surface area contributed by atoms with Crippen molar-refractivity contribution in [2.75, 3.05) is 6.54 Å². The van der Waals surface area contributed by atoms with Crippen molar-refractivity contribution in [2.24, 2.45) is 16.9 Å². The third-order valence-electron chi connectivity index (χ3n) is 2.91. The van der Waals surface area contributed by atoms with Crippen molar-refractivity contribution in [3.63, 3.8) is 0 Å².